The lowest BCUT2D eigenvalue weighted by atomic mass is 9.66. The van der Waals surface area contributed by atoms with Crippen molar-refractivity contribution in [1.29, 1.82) is 0 Å². The highest BCUT2D eigenvalue weighted by molar-refractivity contribution is 5.88. The van der Waals surface area contributed by atoms with E-state index in [1.807, 2.05) is 0 Å². The van der Waals surface area contributed by atoms with Crippen LogP contribution in [0.1, 0.15) is 47.5 Å². The van der Waals surface area contributed by atoms with Crippen LogP contribution in [0.5, 0.6) is 0 Å². The van der Waals surface area contributed by atoms with Gasteiger partial charge in [-0.2, -0.15) is 0 Å². The van der Waals surface area contributed by atoms with Crippen molar-refractivity contribution in [1.82, 2.24) is 0 Å². The van der Waals surface area contributed by atoms with Crippen LogP contribution in [0.3, 0.4) is 0 Å². The molecule has 1 unspecified atom stereocenters. The summed E-state index contributed by atoms with van der Waals surface area (Å²) >= 11 is 0. The van der Waals surface area contributed by atoms with Crippen molar-refractivity contribution in [3.63, 3.8) is 0 Å². The highest BCUT2D eigenvalue weighted by Gasteiger charge is 2.33. The first-order valence-electron chi connectivity index (χ1n) is 5.70. The molecule has 0 aromatic heterocycles. The Balaban J connectivity index is 3.04. The second-order valence-corrected chi connectivity index (χ2v) is 5.41. The largest absolute Gasteiger partial charge is 0.295 e. The average Bonchev–Trinajstić information content (AvgIpc) is 1.99. The molecule has 1 heteroatoms. The number of hydrogen-bond acceptors (Lipinski definition) is 1. The summed E-state index contributed by atoms with van der Waals surface area (Å²) in [6.45, 7) is 10.5. The van der Waals surface area contributed by atoms with E-state index in [1.54, 1.807) is 13.0 Å². The second-order valence-electron chi connectivity index (χ2n) is 5.41. The molecule has 1 rings (SSSR count). The molecule has 0 aromatic carbocycles. The Morgan fingerprint density at radius 2 is 2.07 bits per heavy atom. The minimum atomic E-state index is 0.154. The third-order valence-electron chi connectivity index (χ3n) is 3.38. The van der Waals surface area contributed by atoms with Gasteiger partial charge in [-0.3, -0.25) is 4.79 Å². The van der Waals surface area contributed by atoms with Crippen molar-refractivity contribution in [2.24, 2.45) is 11.3 Å². The van der Waals surface area contributed by atoms with Gasteiger partial charge in [-0.05, 0) is 45.1 Å². The summed E-state index contributed by atoms with van der Waals surface area (Å²) in [6.07, 6.45) is 6.48. The lowest BCUT2D eigenvalue weighted by Gasteiger charge is -2.39. The average molecular weight is 206 g/mol. The normalized spacial score (nSPS) is 26.1. The van der Waals surface area contributed by atoms with Crippen LogP contribution < -0.4 is 0 Å². The van der Waals surface area contributed by atoms with Gasteiger partial charge in [0.05, 0.1) is 0 Å². The smallest absolute Gasteiger partial charge is 0.152 e. The fraction of sp³-hybridized carbons (Fsp3) is 0.643. The van der Waals surface area contributed by atoms with Gasteiger partial charge in [-0.15, -0.1) is 0 Å². The number of allylic oxidation sites excluding steroid dienone is 4. The summed E-state index contributed by atoms with van der Waals surface area (Å²) in [6, 6.07) is 0. The van der Waals surface area contributed by atoms with Gasteiger partial charge in [0.25, 0.3) is 0 Å². The van der Waals surface area contributed by atoms with E-state index in [1.165, 1.54) is 24.0 Å². The molecule has 1 atom stereocenters. The Morgan fingerprint density at radius 1 is 1.47 bits per heavy atom. The SMILES string of the molecule is CC(=O)/C=C(/C)C1C(C)=CCCC1(C)C. The van der Waals surface area contributed by atoms with Crippen molar-refractivity contribution in [2.75, 3.05) is 0 Å². The number of ketones is 1. The van der Waals surface area contributed by atoms with Crippen molar-refractivity contribution in [3.8, 4) is 0 Å². The van der Waals surface area contributed by atoms with E-state index in [9.17, 15) is 4.79 Å². The molecule has 0 spiro atoms. The Hall–Kier alpha value is -0.850. The number of carbonyl (C=O) groups is 1. The molecular weight excluding hydrogens is 184 g/mol. The van der Waals surface area contributed by atoms with Gasteiger partial charge in [0.15, 0.2) is 5.78 Å². The Morgan fingerprint density at radius 3 is 2.53 bits per heavy atom. The topological polar surface area (TPSA) is 17.1 Å². The van der Waals surface area contributed by atoms with E-state index in [4.69, 9.17) is 0 Å². The fourth-order valence-electron chi connectivity index (χ4n) is 2.93. The predicted octanol–water partition coefficient (Wildman–Crippen LogP) is 3.90. The zero-order valence-corrected chi connectivity index (χ0v) is 10.6. The molecule has 0 heterocycles. The minimum Gasteiger partial charge on any atom is -0.295 e. The van der Waals surface area contributed by atoms with E-state index in [2.05, 4.69) is 33.8 Å². The van der Waals surface area contributed by atoms with Gasteiger partial charge in [-0.25, -0.2) is 0 Å². The monoisotopic (exact) mass is 206 g/mol. The third kappa shape index (κ3) is 2.80. The molecule has 1 aliphatic carbocycles. The van der Waals surface area contributed by atoms with Crippen molar-refractivity contribution >= 4 is 5.78 Å². The van der Waals surface area contributed by atoms with Gasteiger partial charge < -0.3 is 0 Å². The van der Waals surface area contributed by atoms with Crippen molar-refractivity contribution < 1.29 is 4.79 Å². The van der Waals surface area contributed by atoms with E-state index in [-0.39, 0.29) is 11.2 Å². The maximum absolute atomic E-state index is 11.1. The number of carbonyl (C=O) groups excluding carboxylic acids is 1. The fourth-order valence-corrected chi connectivity index (χ4v) is 2.93. The number of rotatable bonds is 2. The summed E-state index contributed by atoms with van der Waals surface area (Å²) in [5, 5.41) is 0. The molecular formula is C14H22O. The highest BCUT2D eigenvalue weighted by Crippen LogP contribution is 2.44. The molecule has 0 saturated carbocycles. The van der Waals surface area contributed by atoms with E-state index in [0.29, 0.717) is 5.92 Å². The molecule has 0 N–H and O–H groups in total. The molecule has 1 aliphatic rings. The molecule has 0 bridgehead atoms. The molecule has 15 heavy (non-hydrogen) atoms. The quantitative estimate of drug-likeness (QED) is 0.494. The molecule has 0 aliphatic heterocycles. The molecule has 84 valence electrons. The van der Waals surface area contributed by atoms with Crippen molar-refractivity contribution in [3.05, 3.63) is 23.3 Å². The molecule has 0 radical (unpaired) electrons. The Labute approximate surface area is 93.3 Å². The molecule has 0 amide bonds. The first-order chi connectivity index (χ1) is 6.84. The lowest BCUT2D eigenvalue weighted by Crippen LogP contribution is -2.29. The predicted molar refractivity (Wildman–Crippen MR) is 64.7 cm³/mol. The zero-order valence-electron chi connectivity index (χ0n) is 10.6. The highest BCUT2D eigenvalue weighted by atomic mass is 16.1. The lowest BCUT2D eigenvalue weighted by molar-refractivity contribution is -0.112. The second kappa shape index (κ2) is 4.34. The summed E-state index contributed by atoms with van der Waals surface area (Å²) in [4.78, 5) is 11.1. The van der Waals surface area contributed by atoms with Crippen molar-refractivity contribution in [2.45, 2.75) is 47.5 Å². The van der Waals surface area contributed by atoms with Crippen LogP contribution in [0.15, 0.2) is 23.3 Å². The van der Waals surface area contributed by atoms with Crippen LogP contribution in [0, 0.1) is 11.3 Å². The summed E-state index contributed by atoms with van der Waals surface area (Å²) in [7, 11) is 0. The first kappa shape index (κ1) is 12.2. The maximum atomic E-state index is 11.1. The Bertz CT molecular complexity index is 318. The van der Waals surface area contributed by atoms with Crippen LogP contribution in [0.4, 0.5) is 0 Å². The number of hydrogen-bond donors (Lipinski definition) is 0. The van der Waals surface area contributed by atoms with Gasteiger partial charge in [0.2, 0.25) is 0 Å². The van der Waals surface area contributed by atoms with Crippen LogP contribution in [-0.2, 0) is 4.79 Å². The summed E-state index contributed by atoms with van der Waals surface area (Å²) < 4.78 is 0. The van der Waals surface area contributed by atoms with E-state index < -0.39 is 0 Å². The van der Waals surface area contributed by atoms with E-state index in [0.717, 1.165) is 0 Å². The zero-order chi connectivity index (χ0) is 11.6. The van der Waals surface area contributed by atoms with E-state index >= 15 is 0 Å². The summed E-state index contributed by atoms with van der Waals surface area (Å²) in [5.74, 6) is 0.594. The van der Waals surface area contributed by atoms with Gasteiger partial charge >= 0.3 is 0 Å². The van der Waals surface area contributed by atoms with Crippen LogP contribution in [0.25, 0.3) is 0 Å². The van der Waals surface area contributed by atoms with Crippen LogP contribution in [0.2, 0.25) is 0 Å². The van der Waals surface area contributed by atoms with Crippen LogP contribution >= 0.6 is 0 Å². The van der Waals surface area contributed by atoms with Gasteiger partial charge in [0.1, 0.15) is 0 Å². The van der Waals surface area contributed by atoms with Gasteiger partial charge in [0, 0.05) is 5.92 Å². The summed E-state index contributed by atoms with van der Waals surface area (Å²) in [5.41, 5.74) is 2.91. The third-order valence-corrected chi connectivity index (χ3v) is 3.38. The standard InChI is InChI=1S/C14H22O/c1-10-7-6-8-14(4,5)13(10)11(2)9-12(3)15/h7,9,13H,6,8H2,1-5H3/b11-9-. The Kier molecular flexibility index (Phi) is 3.54. The molecule has 0 fully saturated rings. The minimum absolute atomic E-state index is 0.154. The molecule has 0 aromatic rings. The van der Waals surface area contributed by atoms with Crippen LogP contribution in [-0.4, -0.2) is 5.78 Å². The molecule has 0 saturated heterocycles. The molecule has 1 nitrogen and oxygen atoms in total. The van der Waals surface area contributed by atoms with Gasteiger partial charge in [-0.1, -0.05) is 31.1 Å². The maximum Gasteiger partial charge on any atom is 0.152 e. The first-order valence-corrected chi connectivity index (χ1v) is 5.70.